The van der Waals surface area contributed by atoms with Crippen molar-refractivity contribution in [2.45, 2.75) is 6.54 Å². The van der Waals surface area contributed by atoms with Gasteiger partial charge in [-0.15, -0.1) is 5.10 Å². The van der Waals surface area contributed by atoms with Crippen LogP contribution in [-0.2, 0) is 11.3 Å². The molecule has 0 bridgehead atoms. The highest BCUT2D eigenvalue weighted by atomic mass is 79.9. The highest BCUT2D eigenvalue weighted by Crippen LogP contribution is 2.17. The van der Waals surface area contributed by atoms with Gasteiger partial charge in [-0.05, 0) is 33.6 Å². The van der Waals surface area contributed by atoms with E-state index in [4.69, 9.17) is 0 Å². The first-order valence-electron chi connectivity index (χ1n) is 5.03. The van der Waals surface area contributed by atoms with Gasteiger partial charge in [0.2, 0.25) is 5.69 Å². The molecule has 1 aromatic heterocycles. The summed E-state index contributed by atoms with van der Waals surface area (Å²) in [6, 6.07) is 7.83. The average Bonchev–Trinajstić information content (AvgIpc) is 2.73. The Balaban J connectivity index is 2.22. The molecule has 94 valence electrons. The molecule has 1 heterocycles. The second kappa shape index (κ2) is 5.62. The van der Waals surface area contributed by atoms with Crippen molar-refractivity contribution in [2.75, 3.05) is 7.11 Å². The van der Waals surface area contributed by atoms with Crippen molar-refractivity contribution in [3.63, 3.8) is 0 Å². The van der Waals surface area contributed by atoms with E-state index >= 15 is 0 Å². The van der Waals surface area contributed by atoms with Crippen LogP contribution in [0.2, 0.25) is 0 Å². The zero-order chi connectivity index (χ0) is 13.1. The molecule has 0 spiro atoms. The minimum atomic E-state index is -0.510. The predicted octanol–water partition coefficient (Wildman–Crippen LogP) is 2.64. The maximum atomic E-state index is 11.4. The molecule has 0 unspecified atom stereocenters. The third-order valence-electron chi connectivity index (χ3n) is 2.30. The molecular formula is C11H9Br2N3O2. The number of methoxy groups -OCH3 is 1. The Kier molecular flexibility index (Phi) is 4.13. The SMILES string of the molecule is COC(=O)c1nnn(Cc2ccc(Br)cc2)c1Br. The zero-order valence-electron chi connectivity index (χ0n) is 9.43. The lowest BCUT2D eigenvalue weighted by Crippen LogP contribution is -2.04. The number of benzene rings is 1. The Labute approximate surface area is 120 Å². The van der Waals surface area contributed by atoms with E-state index in [-0.39, 0.29) is 5.69 Å². The van der Waals surface area contributed by atoms with E-state index in [1.807, 2.05) is 24.3 Å². The summed E-state index contributed by atoms with van der Waals surface area (Å²) in [4.78, 5) is 11.4. The standard InChI is InChI=1S/C11H9Br2N3O2/c1-18-11(17)9-10(13)16(15-14-9)6-7-2-4-8(12)5-3-7/h2-5H,6H2,1H3. The smallest absolute Gasteiger partial charge is 0.361 e. The summed E-state index contributed by atoms with van der Waals surface area (Å²) in [5.74, 6) is -0.510. The summed E-state index contributed by atoms with van der Waals surface area (Å²) in [7, 11) is 1.31. The topological polar surface area (TPSA) is 57.0 Å². The number of ether oxygens (including phenoxy) is 1. The van der Waals surface area contributed by atoms with Crippen LogP contribution in [-0.4, -0.2) is 28.1 Å². The van der Waals surface area contributed by atoms with Crippen LogP contribution >= 0.6 is 31.9 Å². The van der Waals surface area contributed by atoms with Gasteiger partial charge in [0.05, 0.1) is 13.7 Å². The Morgan fingerprint density at radius 1 is 1.33 bits per heavy atom. The van der Waals surface area contributed by atoms with Crippen molar-refractivity contribution in [1.29, 1.82) is 0 Å². The molecule has 2 aromatic rings. The summed E-state index contributed by atoms with van der Waals surface area (Å²) in [6.45, 7) is 0.526. The molecule has 0 saturated carbocycles. The van der Waals surface area contributed by atoms with Gasteiger partial charge in [0.25, 0.3) is 0 Å². The Bertz CT molecular complexity index is 566. The molecule has 2 rings (SSSR count). The number of carbonyl (C=O) groups excluding carboxylic acids is 1. The van der Waals surface area contributed by atoms with E-state index in [0.29, 0.717) is 11.1 Å². The Hall–Kier alpha value is -1.21. The van der Waals surface area contributed by atoms with Crippen molar-refractivity contribution in [1.82, 2.24) is 15.0 Å². The van der Waals surface area contributed by atoms with E-state index in [0.717, 1.165) is 10.0 Å². The first-order valence-corrected chi connectivity index (χ1v) is 6.62. The second-order valence-electron chi connectivity index (χ2n) is 3.50. The summed E-state index contributed by atoms with van der Waals surface area (Å²) in [5.41, 5.74) is 1.23. The summed E-state index contributed by atoms with van der Waals surface area (Å²) in [6.07, 6.45) is 0. The first kappa shape index (κ1) is 13.2. The Morgan fingerprint density at radius 3 is 2.61 bits per heavy atom. The molecule has 0 aliphatic heterocycles. The number of hydrogen-bond acceptors (Lipinski definition) is 4. The van der Waals surface area contributed by atoms with Gasteiger partial charge in [-0.3, -0.25) is 0 Å². The molecule has 0 aliphatic carbocycles. The summed E-state index contributed by atoms with van der Waals surface area (Å²) in [5, 5.41) is 7.69. The van der Waals surface area contributed by atoms with Crippen LogP contribution in [0.15, 0.2) is 33.3 Å². The zero-order valence-corrected chi connectivity index (χ0v) is 12.6. The van der Waals surface area contributed by atoms with Gasteiger partial charge in [0.1, 0.15) is 4.60 Å². The minimum Gasteiger partial charge on any atom is -0.464 e. The van der Waals surface area contributed by atoms with Crippen LogP contribution in [0.5, 0.6) is 0 Å². The fourth-order valence-corrected chi connectivity index (χ4v) is 2.09. The molecule has 5 nitrogen and oxygen atoms in total. The van der Waals surface area contributed by atoms with Crippen LogP contribution in [0.3, 0.4) is 0 Å². The number of aromatic nitrogens is 3. The summed E-state index contributed by atoms with van der Waals surface area (Å²) >= 11 is 6.67. The lowest BCUT2D eigenvalue weighted by atomic mass is 10.2. The van der Waals surface area contributed by atoms with Crippen LogP contribution in [0, 0.1) is 0 Å². The molecule has 1 aromatic carbocycles. The van der Waals surface area contributed by atoms with Gasteiger partial charge in [0.15, 0.2) is 0 Å². The monoisotopic (exact) mass is 373 g/mol. The molecule has 0 saturated heterocycles. The van der Waals surface area contributed by atoms with Crippen LogP contribution in [0.4, 0.5) is 0 Å². The molecule has 0 fully saturated rings. The number of hydrogen-bond donors (Lipinski definition) is 0. The van der Waals surface area contributed by atoms with E-state index in [1.165, 1.54) is 7.11 Å². The maximum absolute atomic E-state index is 11.4. The number of halogens is 2. The highest BCUT2D eigenvalue weighted by Gasteiger charge is 2.18. The molecule has 0 aliphatic rings. The fourth-order valence-electron chi connectivity index (χ4n) is 1.39. The van der Waals surface area contributed by atoms with E-state index in [1.54, 1.807) is 4.68 Å². The third-order valence-corrected chi connectivity index (χ3v) is 3.61. The van der Waals surface area contributed by atoms with Crippen molar-refractivity contribution in [3.8, 4) is 0 Å². The number of nitrogens with zero attached hydrogens (tertiary/aromatic N) is 3. The predicted molar refractivity (Wildman–Crippen MR) is 72.3 cm³/mol. The largest absolute Gasteiger partial charge is 0.464 e. The normalized spacial score (nSPS) is 10.4. The van der Waals surface area contributed by atoms with Gasteiger partial charge < -0.3 is 4.74 Å². The minimum absolute atomic E-state index is 0.176. The molecule has 0 amide bonds. The second-order valence-corrected chi connectivity index (χ2v) is 5.17. The van der Waals surface area contributed by atoms with Gasteiger partial charge in [-0.1, -0.05) is 33.3 Å². The molecule has 0 N–H and O–H groups in total. The van der Waals surface area contributed by atoms with Crippen molar-refractivity contribution in [2.24, 2.45) is 0 Å². The van der Waals surface area contributed by atoms with Gasteiger partial charge in [-0.2, -0.15) is 0 Å². The van der Waals surface area contributed by atoms with Crippen LogP contribution < -0.4 is 0 Å². The van der Waals surface area contributed by atoms with Gasteiger partial charge >= 0.3 is 5.97 Å². The quantitative estimate of drug-likeness (QED) is 0.775. The van der Waals surface area contributed by atoms with Crippen LogP contribution in [0.1, 0.15) is 16.1 Å². The number of carbonyl (C=O) groups is 1. The molecule has 0 radical (unpaired) electrons. The van der Waals surface area contributed by atoms with Crippen molar-refractivity contribution < 1.29 is 9.53 Å². The van der Waals surface area contributed by atoms with Gasteiger partial charge in [0, 0.05) is 4.47 Å². The molecular weight excluding hydrogens is 366 g/mol. The Morgan fingerprint density at radius 2 is 2.00 bits per heavy atom. The van der Waals surface area contributed by atoms with Crippen molar-refractivity contribution >= 4 is 37.8 Å². The lowest BCUT2D eigenvalue weighted by molar-refractivity contribution is 0.0593. The molecule has 18 heavy (non-hydrogen) atoms. The lowest BCUT2D eigenvalue weighted by Gasteiger charge is -2.03. The summed E-state index contributed by atoms with van der Waals surface area (Å²) < 4.78 is 7.72. The fraction of sp³-hybridized carbons (Fsp3) is 0.182. The van der Waals surface area contributed by atoms with E-state index in [2.05, 4.69) is 46.9 Å². The maximum Gasteiger partial charge on any atom is 0.361 e. The highest BCUT2D eigenvalue weighted by molar-refractivity contribution is 9.10. The molecule has 7 heteroatoms. The first-order chi connectivity index (χ1) is 8.61. The molecule has 0 atom stereocenters. The van der Waals surface area contributed by atoms with E-state index in [9.17, 15) is 4.79 Å². The van der Waals surface area contributed by atoms with E-state index < -0.39 is 5.97 Å². The third kappa shape index (κ3) is 2.78. The number of rotatable bonds is 3. The number of esters is 1. The van der Waals surface area contributed by atoms with Gasteiger partial charge in [-0.25, -0.2) is 9.48 Å². The van der Waals surface area contributed by atoms with Crippen molar-refractivity contribution in [3.05, 3.63) is 44.6 Å². The van der Waals surface area contributed by atoms with Crippen LogP contribution in [0.25, 0.3) is 0 Å². The average molecular weight is 375 g/mol.